The molecule has 31 heavy (non-hydrogen) atoms. The van der Waals surface area contributed by atoms with Crippen LogP contribution >= 0.6 is 0 Å². The van der Waals surface area contributed by atoms with Crippen molar-refractivity contribution < 1.29 is 24.5 Å². The molecule has 1 atom stereocenters. The number of nitrogens with one attached hydrogen (secondary N) is 1. The molecule has 0 saturated carbocycles. The van der Waals surface area contributed by atoms with E-state index in [1.807, 2.05) is 13.0 Å². The summed E-state index contributed by atoms with van der Waals surface area (Å²) in [5.74, 6) is -1.32. The highest BCUT2D eigenvalue weighted by molar-refractivity contribution is 5.89. The lowest BCUT2D eigenvalue weighted by Crippen LogP contribution is -2.32. The lowest BCUT2D eigenvalue weighted by atomic mass is 9.98. The van der Waals surface area contributed by atoms with Crippen LogP contribution in [0.2, 0.25) is 0 Å². The molecule has 3 aromatic rings. The van der Waals surface area contributed by atoms with Gasteiger partial charge >= 0.3 is 5.97 Å². The Bertz CT molecular complexity index is 1350. The van der Waals surface area contributed by atoms with Gasteiger partial charge in [0.15, 0.2) is 6.10 Å². The molecule has 10 nitrogen and oxygen atoms in total. The van der Waals surface area contributed by atoms with Crippen molar-refractivity contribution >= 4 is 22.8 Å². The molecule has 0 spiro atoms. The van der Waals surface area contributed by atoms with Crippen LogP contribution in [0.5, 0.6) is 0 Å². The van der Waals surface area contributed by atoms with Crippen molar-refractivity contribution in [3.63, 3.8) is 0 Å². The molecule has 5 rings (SSSR count). The van der Waals surface area contributed by atoms with Gasteiger partial charge < -0.3 is 24.8 Å². The highest BCUT2D eigenvalue weighted by Gasteiger charge is 2.34. The van der Waals surface area contributed by atoms with Gasteiger partial charge in [-0.05, 0) is 24.6 Å². The molecule has 0 aromatic carbocycles. The molecule has 158 valence electrons. The predicted octanol–water partition coefficient (Wildman–Crippen LogP) is -0.173. The summed E-state index contributed by atoms with van der Waals surface area (Å²) in [6.45, 7) is 1.36. The Balaban J connectivity index is 1.74. The van der Waals surface area contributed by atoms with Crippen molar-refractivity contribution in [2.24, 2.45) is 0 Å². The zero-order valence-electron chi connectivity index (χ0n) is 16.5. The number of fused-ring (bicyclic) bond motifs is 5. The second-order valence-electron chi connectivity index (χ2n) is 7.56. The van der Waals surface area contributed by atoms with E-state index in [-0.39, 0.29) is 36.4 Å². The monoisotopic (exact) mass is 422 g/mol. The number of aliphatic hydroxyl groups excluding tert-OH is 2. The minimum Gasteiger partial charge on any atom is -0.458 e. The van der Waals surface area contributed by atoms with Crippen LogP contribution in [0.4, 0.5) is 0 Å². The van der Waals surface area contributed by atoms with Crippen LogP contribution in [0.3, 0.4) is 0 Å². The maximum atomic E-state index is 13.1. The van der Waals surface area contributed by atoms with Crippen LogP contribution in [-0.4, -0.2) is 43.2 Å². The SMILES string of the molecule is Cc1cc2c(CNC(=O)CO)c3c(nc2cn1)-c1cc2c(c(=O)n1C3)COC(=O)C2O. The fourth-order valence-corrected chi connectivity index (χ4v) is 4.16. The first kappa shape index (κ1) is 19.3. The fraction of sp³-hybridized carbons (Fsp3) is 0.286. The Hall–Kier alpha value is -3.63. The molecule has 5 heterocycles. The van der Waals surface area contributed by atoms with E-state index in [1.165, 1.54) is 4.57 Å². The Kier molecular flexibility index (Phi) is 4.34. The van der Waals surface area contributed by atoms with Crippen LogP contribution in [0.15, 0.2) is 23.1 Å². The van der Waals surface area contributed by atoms with Gasteiger partial charge in [-0.15, -0.1) is 0 Å². The van der Waals surface area contributed by atoms with Gasteiger partial charge in [0.25, 0.3) is 5.56 Å². The third-order valence-electron chi connectivity index (χ3n) is 5.70. The number of ether oxygens (including phenoxy) is 1. The van der Waals surface area contributed by atoms with Crippen molar-refractivity contribution in [1.29, 1.82) is 0 Å². The van der Waals surface area contributed by atoms with E-state index >= 15 is 0 Å². The van der Waals surface area contributed by atoms with Crippen LogP contribution in [0, 0.1) is 6.92 Å². The molecule has 2 aliphatic heterocycles. The predicted molar refractivity (Wildman–Crippen MR) is 107 cm³/mol. The number of esters is 1. The van der Waals surface area contributed by atoms with E-state index in [2.05, 4.69) is 10.3 Å². The van der Waals surface area contributed by atoms with Gasteiger partial charge in [0.2, 0.25) is 5.91 Å². The van der Waals surface area contributed by atoms with Crippen LogP contribution in [-0.2, 0) is 34.0 Å². The van der Waals surface area contributed by atoms with Crippen LogP contribution < -0.4 is 10.9 Å². The van der Waals surface area contributed by atoms with Crippen molar-refractivity contribution in [1.82, 2.24) is 19.9 Å². The maximum absolute atomic E-state index is 13.1. The number of aryl methyl sites for hydroxylation is 1. The number of amides is 1. The number of nitrogens with zero attached hydrogens (tertiary/aromatic N) is 3. The number of cyclic esters (lactones) is 1. The van der Waals surface area contributed by atoms with Crippen LogP contribution in [0.1, 0.15) is 34.1 Å². The Morgan fingerprint density at radius 3 is 2.90 bits per heavy atom. The normalized spacial score (nSPS) is 16.5. The first-order chi connectivity index (χ1) is 14.9. The van der Waals surface area contributed by atoms with Gasteiger partial charge in [-0.1, -0.05) is 0 Å². The third-order valence-corrected chi connectivity index (χ3v) is 5.70. The van der Waals surface area contributed by atoms with Gasteiger partial charge in [-0.25, -0.2) is 9.78 Å². The molecule has 0 fully saturated rings. The molecule has 0 aliphatic carbocycles. The Labute approximate surface area is 175 Å². The van der Waals surface area contributed by atoms with Crippen molar-refractivity contribution in [3.8, 4) is 11.4 Å². The van der Waals surface area contributed by atoms with Gasteiger partial charge in [-0.3, -0.25) is 14.6 Å². The summed E-state index contributed by atoms with van der Waals surface area (Å²) >= 11 is 0. The molecule has 3 aromatic heterocycles. The zero-order chi connectivity index (χ0) is 21.9. The molecule has 0 radical (unpaired) electrons. The first-order valence-corrected chi connectivity index (χ1v) is 9.66. The summed E-state index contributed by atoms with van der Waals surface area (Å²) < 4.78 is 6.44. The summed E-state index contributed by atoms with van der Waals surface area (Å²) in [6, 6.07) is 3.46. The van der Waals surface area contributed by atoms with Crippen molar-refractivity contribution in [2.45, 2.75) is 32.7 Å². The average molecular weight is 422 g/mol. The lowest BCUT2D eigenvalue weighted by molar-refractivity contribution is -0.157. The van der Waals surface area contributed by atoms with E-state index in [9.17, 15) is 19.5 Å². The molecular formula is C21H18N4O6. The van der Waals surface area contributed by atoms with E-state index in [0.717, 1.165) is 22.2 Å². The minimum atomic E-state index is -1.53. The maximum Gasteiger partial charge on any atom is 0.340 e. The Morgan fingerprint density at radius 1 is 1.32 bits per heavy atom. The van der Waals surface area contributed by atoms with Crippen molar-refractivity contribution in [3.05, 3.63) is 56.6 Å². The first-order valence-electron chi connectivity index (χ1n) is 9.66. The standard InChI is InChI=1S/C21H18N4O6/c1-9-2-10-12(4-23-17(27)7-26)13-6-25-16(18(13)24-15(10)5-22-9)3-11-14(20(25)29)8-31-21(30)19(11)28/h2-3,5,19,26,28H,4,6-8H2,1H3,(H,23,27). The number of carbonyl (C=O) groups is 2. The number of rotatable bonds is 3. The quantitative estimate of drug-likeness (QED) is 0.386. The van der Waals surface area contributed by atoms with Gasteiger partial charge in [0.05, 0.1) is 35.2 Å². The average Bonchev–Trinajstić information content (AvgIpc) is 3.13. The smallest absolute Gasteiger partial charge is 0.340 e. The van der Waals surface area contributed by atoms with Gasteiger partial charge in [-0.2, -0.15) is 0 Å². The topological polar surface area (TPSA) is 144 Å². The largest absolute Gasteiger partial charge is 0.458 e. The molecule has 0 saturated heterocycles. The Morgan fingerprint density at radius 2 is 2.13 bits per heavy atom. The van der Waals surface area contributed by atoms with Gasteiger partial charge in [0.1, 0.15) is 13.2 Å². The molecule has 3 N–H and O–H groups in total. The summed E-state index contributed by atoms with van der Waals surface area (Å²) in [4.78, 5) is 45.6. The van der Waals surface area contributed by atoms with E-state index in [0.29, 0.717) is 16.9 Å². The second-order valence-corrected chi connectivity index (χ2v) is 7.56. The molecule has 1 unspecified atom stereocenters. The second kappa shape index (κ2) is 6.96. The van der Waals surface area contributed by atoms with E-state index < -0.39 is 24.6 Å². The molecule has 10 heteroatoms. The molecular weight excluding hydrogens is 404 g/mol. The van der Waals surface area contributed by atoms with Gasteiger partial charge in [0, 0.05) is 28.8 Å². The number of aliphatic hydroxyl groups is 2. The summed E-state index contributed by atoms with van der Waals surface area (Å²) in [5, 5.41) is 22.8. The number of carbonyl (C=O) groups excluding carboxylic acids is 2. The third kappa shape index (κ3) is 2.91. The number of hydrogen-bond donors (Lipinski definition) is 3. The minimum absolute atomic E-state index is 0.136. The summed E-state index contributed by atoms with van der Waals surface area (Å²) in [7, 11) is 0. The van der Waals surface area contributed by atoms with Crippen LogP contribution in [0.25, 0.3) is 22.3 Å². The number of pyridine rings is 3. The fourth-order valence-electron chi connectivity index (χ4n) is 4.16. The zero-order valence-corrected chi connectivity index (χ0v) is 16.5. The molecule has 0 bridgehead atoms. The van der Waals surface area contributed by atoms with Crippen molar-refractivity contribution in [2.75, 3.05) is 6.61 Å². The lowest BCUT2D eigenvalue weighted by Gasteiger charge is -2.21. The molecule has 1 amide bonds. The number of hydrogen-bond acceptors (Lipinski definition) is 8. The highest BCUT2D eigenvalue weighted by atomic mass is 16.5. The summed E-state index contributed by atoms with van der Waals surface area (Å²) in [6.07, 6.45) is 0.0905. The van der Waals surface area contributed by atoms with E-state index in [1.54, 1.807) is 12.3 Å². The summed E-state index contributed by atoms with van der Waals surface area (Å²) in [5.41, 5.74) is 3.96. The molecule has 2 aliphatic rings. The van der Waals surface area contributed by atoms with E-state index in [4.69, 9.17) is 14.8 Å². The number of aromatic nitrogens is 3. The highest BCUT2D eigenvalue weighted by Crippen LogP contribution is 2.37.